The Morgan fingerprint density at radius 1 is 0.971 bits per heavy atom. The summed E-state index contributed by atoms with van der Waals surface area (Å²) in [5.41, 5.74) is 1.02. The topological polar surface area (TPSA) is 58.2 Å². The fourth-order valence-electron chi connectivity index (χ4n) is 4.85. The van der Waals surface area contributed by atoms with Crippen LogP contribution in [-0.2, 0) is 16.2 Å². The average molecular weight is 539 g/mol. The van der Waals surface area contributed by atoms with Crippen LogP contribution in [0.1, 0.15) is 35.1 Å². The standard InChI is InChI=1S/C25H19Cl2F3N2O2S/c26-14-8-10-23(21(27)12-14)32-35(33,34)15-9-11-22-19(13-15)16-5-3-6-17(16)24(31-22)18-4-1-2-7-20(18)25(28,29)30/h1-5,7-13,16-17,24,31-32H,6H2/t16-,17+,24-/m0/s1. The maximum Gasteiger partial charge on any atom is 0.416 e. The van der Waals surface area contributed by atoms with Crippen molar-refractivity contribution >= 4 is 44.6 Å². The van der Waals surface area contributed by atoms with E-state index in [0.717, 1.165) is 11.6 Å². The SMILES string of the molecule is O=S(=O)(Nc1ccc(Cl)cc1Cl)c1ccc2c(c1)[C@H]1C=CC[C@H]1[C@@H](c1ccccc1C(F)(F)F)N2. The molecule has 4 nitrogen and oxygen atoms in total. The van der Waals surface area contributed by atoms with E-state index in [2.05, 4.69) is 10.0 Å². The van der Waals surface area contributed by atoms with E-state index in [4.69, 9.17) is 23.2 Å². The first-order chi connectivity index (χ1) is 16.5. The number of sulfonamides is 1. The van der Waals surface area contributed by atoms with E-state index in [9.17, 15) is 21.6 Å². The summed E-state index contributed by atoms with van der Waals surface area (Å²) in [7, 11) is -3.98. The molecule has 35 heavy (non-hydrogen) atoms. The number of anilines is 2. The lowest BCUT2D eigenvalue weighted by Crippen LogP contribution is -2.31. The van der Waals surface area contributed by atoms with Crippen LogP contribution >= 0.6 is 23.2 Å². The second kappa shape index (κ2) is 8.76. The average Bonchev–Trinajstić information content (AvgIpc) is 3.30. The number of benzene rings is 3. The van der Waals surface area contributed by atoms with Crippen LogP contribution < -0.4 is 10.0 Å². The molecular formula is C25H19Cl2F3N2O2S. The highest BCUT2D eigenvalue weighted by Gasteiger charge is 2.42. The largest absolute Gasteiger partial charge is 0.416 e. The number of nitrogens with one attached hydrogen (secondary N) is 2. The van der Waals surface area contributed by atoms with Gasteiger partial charge in [0.25, 0.3) is 10.0 Å². The molecule has 0 spiro atoms. The number of hydrogen-bond acceptors (Lipinski definition) is 3. The minimum atomic E-state index is -4.48. The molecule has 0 saturated heterocycles. The third-order valence-corrected chi connectivity index (χ3v) is 8.33. The van der Waals surface area contributed by atoms with Crippen molar-refractivity contribution in [1.29, 1.82) is 0 Å². The fourth-order valence-corrected chi connectivity index (χ4v) is 6.48. The summed E-state index contributed by atoms with van der Waals surface area (Å²) in [5.74, 6) is -0.422. The Morgan fingerprint density at radius 3 is 2.49 bits per heavy atom. The predicted molar refractivity (Wildman–Crippen MR) is 132 cm³/mol. The lowest BCUT2D eigenvalue weighted by Gasteiger charge is -2.38. The molecule has 2 N–H and O–H groups in total. The highest BCUT2D eigenvalue weighted by Crippen LogP contribution is 2.51. The van der Waals surface area contributed by atoms with Gasteiger partial charge in [0, 0.05) is 16.6 Å². The maximum atomic E-state index is 13.7. The highest BCUT2D eigenvalue weighted by atomic mass is 35.5. The van der Waals surface area contributed by atoms with Gasteiger partial charge >= 0.3 is 6.18 Å². The summed E-state index contributed by atoms with van der Waals surface area (Å²) in [5, 5.41) is 3.78. The molecule has 0 bridgehead atoms. The first kappa shape index (κ1) is 24.0. The van der Waals surface area contributed by atoms with E-state index in [1.54, 1.807) is 18.2 Å². The molecule has 0 amide bonds. The van der Waals surface area contributed by atoms with Gasteiger partial charge in [-0.25, -0.2) is 8.42 Å². The van der Waals surface area contributed by atoms with Gasteiger partial charge < -0.3 is 5.32 Å². The minimum Gasteiger partial charge on any atom is -0.378 e. The van der Waals surface area contributed by atoms with E-state index < -0.39 is 27.8 Å². The molecule has 3 aromatic carbocycles. The van der Waals surface area contributed by atoms with Crippen molar-refractivity contribution in [3.8, 4) is 0 Å². The van der Waals surface area contributed by atoms with Gasteiger partial charge in [0.1, 0.15) is 0 Å². The second-order valence-electron chi connectivity index (χ2n) is 8.54. The normalized spacial score (nSPS) is 21.2. The molecule has 182 valence electrons. The van der Waals surface area contributed by atoms with Gasteiger partial charge in [-0.2, -0.15) is 13.2 Å². The summed E-state index contributed by atoms with van der Waals surface area (Å²) in [6, 6.07) is 14.0. The van der Waals surface area contributed by atoms with E-state index in [1.807, 2.05) is 12.2 Å². The van der Waals surface area contributed by atoms with Crippen LogP contribution in [0, 0.1) is 5.92 Å². The molecule has 1 heterocycles. The molecule has 1 aliphatic heterocycles. The van der Waals surface area contributed by atoms with E-state index >= 15 is 0 Å². The summed E-state index contributed by atoms with van der Waals surface area (Å²) >= 11 is 12.0. The van der Waals surface area contributed by atoms with Crippen molar-refractivity contribution in [3.05, 3.63) is 99.6 Å². The molecule has 10 heteroatoms. The van der Waals surface area contributed by atoms with Crippen LogP contribution in [0.25, 0.3) is 0 Å². The quantitative estimate of drug-likeness (QED) is 0.335. The van der Waals surface area contributed by atoms with E-state index in [-0.39, 0.29) is 33.0 Å². The van der Waals surface area contributed by atoms with Crippen LogP contribution in [0.4, 0.5) is 24.5 Å². The summed E-state index contributed by atoms with van der Waals surface area (Å²) in [6.45, 7) is 0. The Labute approximate surface area is 210 Å². The molecule has 0 unspecified atom stereocenters. The lowest BCUT2D eigenvalue weighted by molar-refractivity contribution is -0.138. The number of alkyl halides is 3. The molecule has 3 atom stereocenters. The first-order valence-corrected chi connectivity index (χ1v) is 13.0. The van der Waals surface area contributed by atoms with Crippen LogP contribution in [0.2, 0.25) is 10.0 Å². The number of allylic oxidation sites excluding steroid dienone is 2. The lowest BCUT2D eigenvalue weighted by atomic mass is 9.76. The zero-order chi connectivity index (χ0) is 25.0. The zero-order valence-corrected chi connectivity index (χ0v) is 20.3. The van der Waals surface area contributed by atoms with Crippen LogP contribution in [0.5, 0.6) is 0 Å². The van der Waals surface area contributed by atoms with Crippen LogP contribution in [0.3, 0.4) is 0 Å². The Balaban J connectivity index is 1.51. The number of hydrogen-bond donors (Lipinski definition) is 2. The molecule has 0 radical (unpaired) electrons. The van der Waals surface area contributed by atoms with Gasteiger partial charge in [-0.3, -0.25) is 4.72 Å². The molecule has 0 saturated carbocycles. The van der Waals surface area contributed by atoms with Gasteiger partial charge in [-0.15, -0.1) is 0 Å². The molecule has 1 aliphatic carbocycles. The third kappa shape index (κ3) is 4.50. The molecule has 0 fully saturated rings. The van der Waals surface area contributed by atoms with Gasteiger partial charge in [0.15, 0.2) is 0 Å². The van der Waals surface area contributed by atoms with Crippen molar-refractivity contribution in [3.63, 3.8) is 0 Å². The maximum absolute atomic E-state index is 13.7. The van der Waals surface area contributed by atoms with Crippen molar-refractivity contribution in [2.24, 2.45) is 5.92 Å². The Hall–Kier alpha value is -2.68. The van der Waals surface area contributed by atoms with Gasteiger partial charge in [0.05, 0.1) is 27.2 Å². The van der Waals surface area contributed by atoms with Crippen molar-refractivity contribution in [2.75, 3.05) is 10.0 Å². The van der Waals surface area contributed by atoms with Crippen molar-refractivity contribution < 1.29 is 21.6 Å². The number of rotatable bonds is 4. The number of halogens is 5. The summed E-state index contributed by atoms with van der Waals surface area (Å²) < 4.78 is 69.8. The van der Waals surface area contributed by atoms with Crippen LogP contribution in [0.15, 0.2) is 77.7 Å². The molecule has 5 rings (SSSR count). The summed E-state index contributed by atoms with van der Waals surface area (Å²) in [6.07, 6.45) is -0.0359. The zero-order valence-electron chi connectivity index (χ0n) is 18.0. The smallest absolute Gasteiger partial charge is 0.378 e. The molecular weight excluding hydrogens is 520 g/mol. The van der Waals surface area contributed by atoms with E-state index in [0.29, 0.717) is 17.1 Å². The minimum absolute atomic E-state index is 0.0252. The van der Waals surface area contributed by atoms with Crippen molar-refractivity contribution in [1.82, 2.24) is 0 Å². The van der Waals surface area contributed by atoms with Gasteiger partial charge in [0.2, 0.25) is 0 Å². The summed E-state index contributed by atoms with van der Waals surface area (Å²) in [4.78, 5) is 0.0252. The van der Waals surface area contributed by atoms with Crippen LogP contribution in [-0.4, -0.2) is 8.42 Å². The fraction of sp³-hybridized carbons (Fsp3) is 0.200. The Morgan fingerprint density at radius 2 is 1.74 bits per heavy atom. The highest BCUT2D eigenvalue weighted by molar-refractivity contribution is 7.92. The molecule has 3 aromatic rings. The van der Waals surface area contributed by atoms with Crippen molar-refractivity contribution in [2.45, 2.75) is 29.5 Å². The third-order valence-electron chi connectivity index (χ3n) is 6.42. The number of fused-ring (bicyclic) bond motifs is 3. The molecule has 0 aromatic heterocycles. The first-order valence-electron chi connectivity index (χ1n) is 10.8. The predicted octanol–water partition coefficient (Wildman–Crippen LogP) is 7.64. The monoisotopic (exact) mass is 538 g/mol. The molecule has 2 aliphatic rings. The second-order valence-corrected chi connectivity index (χ2v) is 11.1. The van der Waals surface area contributed by atoms with E-state index in [1.165, 1.54) is 36.4 Å². The Bertz CT molecular complexity index is 1440. The Kier molecular flexibility index (Phi) is 6.02. The van der Waals surface area contributed by atoms with Gasteiger partial charge in [-0.05, 0) is 65.9 Å². The van der Waals surface area contributed by atoms with Gasteiger partial charge in [-0.1, -0.05) is 53.6 Å².